The summed E-state index contributed by atoms with van der Waals surface area (Å²) in [6.07, 6.45) is 4.06. The van der Waals surface area contributed by atoms with Crippen molar-refractivity contribution in [2.24, 2.45) is 4.99 Å². The van der Waals surface area contributed by atoms with Crippen molar-refractivity contribution in [1.82, 2.24) is 10.2 Å². The van der Waals surface area contributed by atoms with Gasteiger partial charge >= 0.3 is 0 Å². The summed E-state index contributed by atoms with van der Waals surface area (Å²) in [6, 6.07) is 10.6. The van der Waals surface area contributed by atoms with Crippen molar-refractivity contribution in [1.29, 1.82) is 0 Å². The highest BCUT2D eigenvalue weighted by Crippen LogP contribution is 2.17. The van der Waals surface area contributed by atoms with Crippen molar-refractivity contribution in [3.63, 3.8) is 0 Å². The van der Waals surface area contributed by atoms with Crippen molar-refractivity contribution in [3.05, 3.63) is 51.8 Å². The molecule has 17 heavy (non-hydrogen) atoms. The molecule has 0 aromatic heterocycles. The van der Waals surface area contributed by atoms with E-state index in [0.717, 1.165) is 17.2 Å². The largest absolute Gasteiger partial charge is 0.300 e. The third kappa shape index (κ3) is 1.13. The van der Waals surface area contributed by atoms with Gasteiger partial charge in [0.1, 0.15) is 0 Å². The molecule has 1 aromatic rings. The molecule has 0 radical (unpaired) electrons. The molecule has 0 fully saturated rings. The van der Waals surface area contributed by atoms with Gasteiger partial charge < -0.3 is 10.2 Å². The van der Waals surface area contributed by atoms with Gasteiger partial charge in [0, 0.05) is 17.0 Å². The molecule has 0 bridgehead atoms. The van der Waals surface area contributed by atoms with Gasteiger partial charge in [0.25, 0.3) is 0 Å². The molecule has 0 saturated heterocycles. The lowest BCUT2D eigenvalue weighted by Crippen LogP contribution is -2.16. The van der Waals surface area contributed by atoms with Crippen LogP contribution in [0.3, 0.4) is 0 Å². The van der Waals surface area contributed by atoms with Crippen molar-refractivity contribution < 1.29 is 0 Å². The summed E-state index contributed by atoms with van der Waals surface area (Å²) >= 11 is 0. The predicted molar refractivity (Wildman–Crippen MR) is 68.9 cm³/mol. The zero-order valence-electron chi connectivity index (χ0n) is 9.20. The Kier molecular flexibility index (Phi) is 1.61. The summed E-state index contributed by atoms with van der Waals surface area (Å²) in [5.74, 6) is 0. The fourth-order valence-electron chi connectivity index (χ4n) is 2.53. The van der Waals surface area contributed by atoms with Crippen LogP contribution in [0.25, 0.3) is 16.8 Å². The van der Waals surface area contributed by atoms with E-state index < -0.39 is 0 Å². The van der Waals surface area contributed by atoms with E-state index >= 15 is 0 Å². The van der Waals surface area contributed by atoms with Crippen LogP contribution in [0.1, 0.15) is 5.56 Å². The van der Waals surface area contributed by atoms with E-state index in [-0.39, 0.29) is 0 Å². The van der Waals surface area contributed by atoms with Gasteiger partial charge in [-0.15, -0.1) is 0 Å². The SMILES string of the molecule is C1=NCC=c2[nH][nH]c3ccc4cccc(c21)c4=3. The van der Waals surface area contributed by atoms with Gasteiger partial charge in [-0.25, -0.2) is 0 Å². The van der Waals surface area contributed by atoms with Crippen LogP contribution in [0.4, 0.5) is 0 Å². The van der Waals surface area contributed by atoms with Gasteiger partial charge in [-0.1, -0.05) is 24.3 Å². The van der Waals surface area contributed by atoms with Crippen molar-refractivity contribution >= 4 is 23.1 Å². The van der Waals surface area contributed by atoms with Crippen LogP contribution in [0.2, 0.25) is 0 Å². The maximum atomic E-state index is 4.34. The predicted octanol–water partition coefficient (Wildman–Crippen LogP) is 1.71. The van der Waals surface area contributed by atoms with Crippen LogP contribution in [-0.4, -0.2) is 23.0 Å². The molecule has 1 aliphatic carbocycles. The summed E-state index contributed by atoms with van der Waals surface area (Å²) < 4.78 is 0. The molecule has 1 aromatic carbocycles. The number of rotatable bonds is 0. The molecule has 4 rings (SSSR count). The summed E-state index contributed by atoms with van der Waals surface area (Å²) in [5, 5.41) is 12.6. The Bertz CT molecular complexity index is 864. The monoisotopic (exact) mass is 221 g/mol. The fourth-order valence-corrected chi connectivity index (χ4v) is 2.53. The van der Waals surface area contributed by atoms with E-state index in [1.807, 2.05) is 6.21 Å². The van der Waals surface area contributed by atoms with Crippen molar-refractivity contribution in [2.75, 3.05) is 6.54 Å². The molecule has 2 aliphatic heterocycles. The van der Waals surface area contributed by atoms with E-state index in [4.69, 9.17) is 0 Å². The first-order valence-electron chi connectivity index (χ1n) is 5.71. The smallest absolute Gasteiger partial charge is 0.0624 e. The summed E-state index contributed by atoms with van der Waals surface area (Å²) in [7, 11) is 0. The van der Waals surface area contributed by atoms with E-state index in [0.29, 0.717) is 0 Å². The molecular formula is C14H11N3. The average Bonchev–Trinajstić information content (AvgIpc) is 2.72. The van der Waals surface area contributed by atoms with Crippen molar-refractivity contribution in [3.8, 4) is 0 Å². The molecule has 3 heteroatoms. The van der Waals surface area contributed by atoms with Crippen LogP contribution >= 0.6 is 0 Å². The summed E-state index contributed by atoms with van der Waals surface area (Å²) in [5.41, 5.74) is 1.17. The van der Waals surface area contributed by atoms with E-state index in [1.165, 1.54) is 21.6 Å². The van der Waals surface area contributed by atoms with Gasteiger partial charge in [0.15, 0.2) is 0 Å². The number of aromatic nitrogens is 2. The molecule has 3 nitrogen and oxygen atoms in total. The molecule has 0 amide bonds. The second-order valence-corrected chi connectivity index (χ2v) is 4.29. The second kappa shape index (κ2) is 3.10. The van der Waals surface area contributed by atoms with Gasteiger partial charge in [-0.2, -0.15) is 0 Å². The first-order valence-corrected chi connectivity index (χ1v) is 5.71. The molecule has 0 atom stereocenters. The Morgan fingerprint density at radius 2 is 2.06 bits per heavy atom. The Morgan fingerprint density at radius 3 is 3.06 bits per heavy atom. The van der Waals surface area contributed by atoms with E-state index in [9.17, 15) is 0 Å². The number of nitrogens with one attached hydrogen (secondary N) is 2. The highest BCUT2D eigenvalue weighted by Gasteiger charge is 2.05. The minimum atomic E-state index is 0.744. The number of benzene rings is 1. The Balaban J connectivity index is 2.45. The molecule has 0 spiro atoms. The molecule has 0 unspecified atom stereocenters. The Morgan fingerprint density at radius 1 is 1.06 bits per heavy atom. The highest BCUT2D eigenvalue weighted by atomic mass is 15.1. The number of aliphatic imine (C=N–C) groups is 1. The summed E-state index contributed by atoms with van der Waals surface area (Å²) in [6.45, 7) is 0.744. The van der Waals surface area contributed by atoms with Gasteiger partial charge in [-0.3, -0.25) is 4.99 Å². The van der Waals surface area contributed by atoms with E-state index in [2.05, 4.69) is 51.6 Å². The highest BCUT2D eigenvalue weighted by molar-refractivity contribution is 5.93. The van der Waals surface area contributed by atoms with Crippen LogP contribution in [0, 0.1) is 10.6 Å². The second-order valence-electron chi connectivity index (χ2n) is 4.29. The standard InChI is InChI=1S/C14H11N3/c1-2-9-4-5-13-14(9)10(3-1)11-8-15-7-6-12(11)16-17-13/h1-6,8,16-17H,7H2. The molecule has 2 heterocycles. The van der Waals surface area contributed by atoms with Gasteiger partial charge in [0.2, 0.25) is 0 Å². The van der Waals surface area contributed by atoms with Gasteiger partial charge in [-0.05, 0) is 22.9 Å². The maximum absolute atomic E-state index is 4.34. The fraction of sp³-hybridized carbons (Fsp3) is 0.0714. The third-order valence-corrected chi connectivity index (χ3v) is 3.33. The van der Waals surface area contributed by atoms with Gasteiger partial charge in [0.05, 0.1) is 17.2 Å². The number of aromatic amines is 2. The van der Waals surface area contributed by atoms with Crippen molar-refractivity contribution in [2.45, 2.75) is 0 Å². The van der Waals surface area contributed by atoms with Crippen LogP contribution in [0.5, 0.6) is 0 Å². The van der Waals surface area contributed by atoms with Crippen LogP contribution in [-0.2, 0) is 0 Å². The number of hydrogen-bond donors (Lipinski definition) is 2. The lowest BCUT2D eigenvalue weighted by molar-refractivity contribution is 0.984. The zero-order chi connectivity index (χ0) is 11.2. The zero-order valence-corrected chi connectivity index (χ0v) is 9.20. The molecular weight excluding hydrogens is 210 g/mol. The number of nitrogens with zero attached hydrogens (tertiary/aromatic N) is 1. The number of hydrogen-bond acceptors (Lipinski definition) is 1. The number of H-pyrrole nitrogens is 2. The summed E-state index contributed by atoms with van der Waals surface area (Å²) in [4.78, 5) is 4.34. The minimum Gasteiger partial charge on any atom is -0.300 e. The lowest BCUT2D eigenvalue weighted by atomic mass is 10.1. The van der Waals surface area contributed by atoms with Crippen LogP contribution in [0.15, 0.2) is 35.3 Å². The van der Waals surface area contributed by atoms with E-state index in [1.54, 1.807) is 0 Å². The quantitative estimate of drug-likeness (QED) is 0.580. The first kappa shape index (κ1) is 8.82. The normalized spacial score (nSPS) is 13.9. The number of fused-ring (bicyclic) bond motifs is 2. The molecule has 82 valence electrons. The van der Waals surface area contributed by atoms with Crippen LogP contribution < -0.4 is 5.35 Å². The lowest BCUT2D eigenvalue weighted by Gasteiger charge is -2.00. The first-order chi connectivity index (χ1) is 8.43. The topological polar surface area (TPSA) is 43.9 Å². The maximum Gasteiger partial charge on any atom is 0.0624 e. The Labute approximate surface area is 97.2 Å². The molecule has 0 saturated carbocycles. The average molecular weight is 221 g/mol. The third-order valence-electron chi connectivity index (χ3n) is 3.33. The molecule has 3 aliphatic rings. The molecule has 2 N–H and O–H groups in total. The Hall–Kier alpha value is -2.29. The minimum absolute atomic E-state index is 0.744.